The summed E-state index contributed by atoms with van der Waals surface area (Å²) in [6, 6.07) is 7.12. The number of carbonyl (C=O) groups excluding carboxylic acids is 2. The molecule has 1 N–H and O–H groups in total. The number of methoxy groups -OCH3 is 1. The standard InChI is InChI=1S/C19H18N2O3S/c1-24-11-10-20-18(22)14-8-6-13(7-9-14)12-17-19(23)21-15-4-2-3-5-16(15)25-17/h2-9,12,16H,10-11H2,1H3,(H,20,22)/b17-12+. The smallest absolute Gasteiger partial charge is 0.283 e. The molecular formula is C19H18N2O3S. The Hall–Kier alpha value is -2.44. The van der Waals surface area contributed by atoms with Gasteiger partial charge in [0, 0.05) is 19.2 Å². The molecule has 0 bridgehead atoms. The lowest BCUT2D eigenvalue weighted by Gasteiger charge is -2.20. The van der Waals surface area contributed by atoms with E-state index in [4.69, 9.17) is 4.74 Å². The predicted molar refractivity (Wildman–Crippen MR) is 101 cm³/mol. The number of thioether (sulfide) groups is 1. The third-order valence-corrected chi connectivity index (χ3v) is 4.91. The summed E-state index contributed by atoms with van der Waals surface area (Å²) in [5.41, 5.74) is 2.22. The minimum atomic E-state index is -0.224. The number of hydrogen-bond donors (Lipinski definition) is 1. The van der Waals surface area contributed by atoms with Gasteiger partial charge in [-0.1, -0.05) is 30.4 Å². The summed E-state index contributed by atoms with van der Waals surface area (Å²) < 4.78 is 4.90. The average molecular weight is 354 g/mol. The maximum atomic E-state index is 12.2. The Morgan fingerprint density at radius 3 is 2.88 bits per heavy atom. The highest BCUT2D eigenvalue weighted by Crippen LogP contribution is 2.32. The fourth-order valence-electron chi connectivity index (χ4n) is 2.42. The number of nitrogens with zero attached hydrogens (tertiary/aromatic N) is 1. The molecule has 5 nitrogen and oxygen atoms in total. The lowest BCUT2D eigenvalue weighted by molar-refractivity contribution is -0.113. The summed E-state index contributed by atoms with van der Waals surface area (Å²) in [7, 11) is 1.59. The molecule has 3 rings (SSSR count). The molecule has 25 heavy (non-hydrogen) atoms. The van der Waals surface area contributed by atoms with E-state index in [0.717, 1.165) is 11.3 Å². The molecule has 0 fully saturated rings. The van der Waals surface area contributed by atoms with Crippen molar-refractivity contribution in [3.8, 4) is 0 Å². The number of ether oxygens (including phenoxy) is 1. The van der Waals surface area contributed by atoms with Gasteiger partial charge in [0.1, 0.15) is 0 Å². The van der Waals surface area contributed by atoms with E-state index in [-0.39, 0.29) is 17.1 Å². The van der Waals surface area contributed by atoms with Crippen LogP contribution in [0.2, 0.25) is 0 Å². The Labute approximate surface area is 150 Å². The van der Waals surface area contributed by atoms with E-state index in [1.54, 1.807) is 19.2 Å². The van der Waals surface area contributed by atoms with Gasteiger partial charge in [-0.3, -0.25) is 9.59 Å². The number of fused-ring (bicyclic) bond motifs is 1. The van der Waals surface area contributed by atoms with Crippen molar-refractivity contribution in [2.24, 2.45) is 4.99 Å². The Morgan fingerprint density at radius 2 is 2.12 bits per heavy atom. The number of hydrogen-bond acceptors (Lipinski definition) is 4. The van der Waals surface area contributed by atoms with Crippen molar-refractivity contribution in [3.63, 3.8) is 0 Å². The SMILES string of the molecule is COCCNC(=O)c1ccc(/C=C2/SC3C=CC=CC3=NC2=O)cc1. The number of nitrogens with one attached hydrogen (secondary N) is 1. The molecule has 1 aromatic rings. The molecule has 1 aliphatic carbocycles. The van der Waals surface area contributed by atoms with Crippen molar-refractivity contribution in [1.29, 1.82) is 0 Å². The largest absolute Gasteiger partial charge is 0.383 e. The number of benzene rings is 1. The monoisotopic (exact) mass is 354 g/mol. The first-order valence-corrected chi connectivity index (χ1v) is 8.78. The second-order valence-corrected chi connectivity index (χ2v) is 6.69. The molecule has 0 aromatic heterocycles. The highest BCUT2D eigenvalue weighted by Gasteiger charge is 2.25. The molecule has 1 atom stereocenters. The molecule has 128 valence electrons. The van der Waals surface area contributed by atoms with E-state index in [2.05, 4.69) is 10.3 Å². The van der Waals surface area contributed by atoms with Gasteiger partial charge in [0.2, 0.25) is 0 Å². The van der Waals surface area contributed by atoms with Crippen LogP contribution in [0.5, 0.6) is 0 Å². The molecule has 1 aromatic carbocycles. The van der Waals surface area contributed by atoms with Crippen molar-refractivity contribution in [2.45, 2.75) is 5.25 Å². The molecular weight excluding hydrogens is 336 g/mol. The lowest BCUT2D eigenvalue weighted by Crippen LogP contribution is -2.26. The minimum absolute atomic E-state index is 0.0831. The second kappa shape index (κ2) is 8.09. The molecule has 1 heterocycles. The van der Waals surface area contributed by atoms with E-state index in [1.165, 1.54) is 11.8 Å². The maximum absolute atomic E-state index is 12.2. The molecule has 2 amide bonds. The first-order chi connectivity index (χ1) is 12.2. The van der Waals surface area contributed by atoms with Crippen molar-refractivity contribution in [3.05, 3.63) is 64.6 Å². The van der Waals surface area contributed by atoms with Gasteiger partial charge >= 0.3 is 0 Å². The van der Waals surface area contributed by atoms with Crippen molar-refractivity contribution in [1.82, 2.24) is 5.32 Å². The molecule has 6 heteroatoms. The fourth-order valence-corrected chi connectivity index (χ4v) is 3.46. The van der Waals surface area contributed by atoms with Crippen molar-refractivity contribution in [2.75, 3.05) is 20.3 Å². The normalized spacial score (nSPS) is 20.4. The topological polar surface area (TPSA) is 67.8 Å². The Bertz CT molecular complexity index is 791. The van der Waals surface area contributed by atoms with E-state index in [9.17, 15) is 9.59 Å². The van der Waals surface area contributed by atoms with Crippen LogP contribution in [0.15, 0.2) is 58.5 Å². The first kappa shape index (κ1) is 17.4. The Balaban J connectivity index is 1.70. The summed E-state index contributed by atoms with van der Waals surface area (Å²) in [6.45, 7) is 0.943. The number of carbonyl (C=O) groups is 2. The second-order valence-electron chi connectivity index (χ2n) is 5.50. The summed E-state index contributed by atoms with van der Waals surface area (Å²) in [5.74, 6) is -0.370. The molecule has 0 saturated heterocycles. The number of rotatable bonds is 5. The highest BCUT2D eigenvalue weighted by atomic mass is 32.2. The van der Waals surface area contributed by atoms with E-state index < -0.39 is 0 Å². The van der Waals surface area contributed by atoms with Gasteiger partial charge < -0.3 is 10.1 Å². The van der Waals surface area contributed by atoms with Gasteiger partial charge in [0.25, 0.3) is 11.8 Å². The van der Waals surface area contributed by atoms with Crippen LogP contribution in [0.1, 0.15) is 15.9 Å². The van der Waals surface area contributed by atoms with Gasteiger partial charge in [-0.25, -0.2) is 4.99 Å². The molecule has 1 unspecified atom stereocenters. The molecule has 0 saturated carbocycles. The van der Waals surface area contributed by atoms with E-state index in [1.807, 2.05) is 42.5 Å². The predicted octanol–water partition coefficient (Wildman–Crippen LogP) is 2.61. The quantitative estimate of drug-likeness (QED) is 0.652. The number of allylic oxidation sites excluding steroid dienone is 3. The maximum Gasteiger partial charge on any atom is 0.283 e. The Morgan fingerprint density at radius 1 is 1.32 bits per heavy atom. The third kappa shape index (κ3) is 4.35. The average Bonchev–Trinajstić information content (AvgIpc) is 2.63. The highest BCUT2D eigenvalue weighted by molar-refractivity contribution is 8.05. The van der Waals surface area contributed by atoms with Crippen molar-refractivity contribution < 1.29 is 14.3 Å². The van der Waals surface area contributed by atoms with Gasteiger partial charge in [0.05, 0.1) is 22.5 Å². The number of aliphatic imine (C=N–C) groups is 1. The number of amides is 2. The van der Waals surface area contributed by atoms with Gasteiger partial charge in [-0.2, -0.15) is 0 Å². The van der Waals surface area contributed by atoms with Crippen LogP contribution in [0, 0.1) is 0 Å². The lowest BCUT2D eigenvalue weighted by atomic mass is 10.1. The zero-order valence-electron chi connectivity index (χ0n) is 13.8. The van der Waals surface area contributed by atoms with E-state index in [0.29, 0.717) is 23.6 Å². The van der Waals surface area contributed by atoms with E-state index >= 15 is 0 Å². The molecule has 2 aliphatic rings. The summed E-state index contributed by atoms with van der Waals surface area (Å²) >= 11 is 1.49. The van der Waals surface area contributed by atoms with Gasteiger partial charge in [0.15, 0.2) is 0 Å². The van der Waals surface area contributed by atoms with Crippen LogP contribution in [0.25, 0.3) is 6.08 Å². The van der Waals surface area contributed by atoms with Crippen molar-refractivity contribution >= 4 is 35.4 Å². The minimum Gasteiger partial charge on any atom is -0.383 e. The zero-order chi connectivity index (χ0) is 17.6. The summed E-state index contributed by atoms with van der Waals surface area (Å²) in [4.78, 5) is 28.9. The summed E-state index contributed by atoms with van der Waals surface area (Å²) in [6.07, 6.45) is 9.54. The summed E-state index contributed by atoms with van der Waals surface area (Å²) in [5, 5.41) is 2.85. The van der Waals surface area contributed by atoms with Crippen LogP contribution in [0.4, 0.5) is 0 Å². The third-order valence-electron chi connectivity index (χ3n) is 3.71. The van der Waals surface area contributed by atoms with Gasteiger partial charge in [-0.05, 0) is 29.8 Å². The fraction of sp³-hybridized carbons (Fsp3) is 0.211. The van der Waals surface area contributed by atoms with Crippen LogP contribution in [0.3, 0.4) is 0 Å². The van der Waals surface area contributed by atoms with Crippen LogP contribution >= 0.6 is 11.8 Å². The van der Waals surface area contributed by atoms with Crippen LogP contribution in [-0.2, 0) is 9.53 Å². The molecule has 1 aliphatic heterocycles. The molecule has 0 spiro atoms. The van der Waals surface area contributed by atoms with Crippen LogP contribution < -0.4 is 5.32 Å². The van der Waals surface area contributed by atoms with Crippen LogP contribution in [-0.4, -0.2) is 43.0 Å². The Kier molecular flexibility index (Phi) is 5.63. The zero-order valence-corrected chi connectivity index (χ0v) is 14.6. The van der Waals surface area contributed by atoms with Gasteiger partial charge in [-0.15, -0.1) is 11.8 Å². The first-order valence-electron chi connectivity index (χ1n) is 7.91. The molecule has 0 radical (unpaired) electrons.